The van der Waals surface area contributed by atoms with Crippen molar-refractivity contribution in [2.45, 2.75) is 12.5 Å². The fourth-order valence-corrected chi connectivity index (χ4v) is 3.27. The molecule has 0 saturated heterocycles. The molecule has 3 heteroatoms. The van der Waals surface area contributed by atoms with Gasteiger partial charge in [-0.15, -0.1) is 11.3 Å². The van der Waals surface area contributed by atoms with Crippen LogP contribution in [-0.2, 0) is 6.42 Å². The van der Waals surface area contributed by atoms with Gasteiger partial charge in [-0.05, 0) is 52.7 Å². The highest BCUT2D eigenvalue weighted by Gasteiger charge is 2.12. The van der Waals surface area contributed by atoms with E-state index in [1.165, 1.54) is 14.0 Å². The molecule has 2 rings (SSSR count). The topological polar surface area (TPSA) is 12.0 Å². The maximum Gasteiger partial charge on any atom is 0.0376 e. The monoisotopic (exact) mass is 343 g/mol. The highest BCUT2D eigenvalue weighted by Crippen LogP contribution is 2.24. The highest BCUT2D eigenvalue weighted by atomic mass is 127. The van der Waals surface area contributed by atoms with Gasteiger partial charge in [0, 0.05) is 20.9 Å². The summed E-state index contributed by atoms with van der Waals surface area (Å²) in [6, 6.07) is 13.3. The summed E-state index contributed by atoms with van der Waals surface area (Å²) in [7, 11) is 2.03. The van der Waals surface area contributed by atoms with Gasteiger partial charge in [0.1, 0.15) is 0 Å². The van der Waals surface area contributed by atoms with E-state index < -0.39 is 0 Å². The van der Waals surface area contributed by atoms with Gasteiger partial charge in [0.15, 0.2) is 0 Å². The van der Waals surface area contributed by atoms with E-state index in [-0.39, 0.29) is 0 Å². The van der Waals surface area contributed by atoms with E-state index in [1.54, 1.807) is 0 Å². The van der Waals surface area contributed by atoms with E-state index >= 15 is 0 Å². The first-order valence-corrected chi connectivity index (χ1v) is 7.21. The van der Waals surface area contributed by atoms with Crippen molar-refractivity contribution < 1.29 is 0 Å². The molecule has 0 saturated carbocycles. The largest absolute Gasteiger partial charge is 0.313 e. The Morgan fingerprint density at radius 3 is 2.69 bits per heavy atom. The number of nitrogens with one attached hydrogen (secondary N) is 1. The molecule has 1 aromatic heterocycles. The number of thiophene rings is 1. The van der Waals surface area contributed by atoms with Crippen molar-refractivity contribution in [3.8, 4) is 0 Å². The Bertz CT molecular complexity index is 439. The average Bonchev–Trinajstić information content (AvgIpc) is 2.80. The molecule has 1 atom stereocenters. The average molecular weight is 343 g/mol. The van der Waals surface area contributed by atoms with E-state index in [0.29, 0.717) is 6.04 Å². The second-order valence-electron chi connectivity index (χ2n) is 3.65. The maximum absolute atomic E-state index is 3.40. The summed E-state index contributed by atoms with van der Waals surface area (Å²) in [5.41, 5.74) is 1.39. The molecule has 16 heavy (non-hydrogen) atoms. The Morgan fingerprint density at radius 1 is 1.25 bits per heavy atom. The van der Waals surface area contributed by atoms with Crippen molar-refractivity contribution in [1.82, 2.24) is 5.32 Å². The zero-order valence-corrected chi connectivity index (χ0v) is 12.1. The lowest BCUT2D eigenvalue weighted by atomic mass is 10.0. The van der Waals surface area contributed by atoms with Crippen LogP contribution in [0.2, 0.25) is 0 Å². The minimum atomic E-state index is 0.409. The molecule has 1 nitrogen and oxygen atoms in total. The van der Waals surface area contributed by atoms with Crippen LogP contribution in [0.15, 0.2) is 41.8 Å². The van der Waals surface area contributed by atoms with Gasteiger partial charge in [-0.3, -0.25) is 0 Å². The van der Waals surface area contributed by atoms with Crippen molar-refractivity contribution in [2.75, 3.05) is 7.05 Å². The van der Waals surface area contributed by atoms with Gasteiger partial charge in [-0.25, -0.2) is 0 Å². The van der Waals surface area contributed by atoms with Crippen LogP contribution in [0.1, 0.15) is 16.5 Å². The van der Waals surface area contributed by atoms with Crippen LogP contribution in [0.4, 0.5) is 0 Å². The van der Waals surface area contributed by atoms with Gasteiger partial charge >= 0.3 is 0 Å². The van der Waals surface area contributed by atoms with Crippen LogP contribution in [0, 0.1) is 3.57 Å². The molecule has 0 spiro atoms. The standard InChI is InChI=1S/C13H14INS/c1-15-13(9-10-5-4-8-16-10)11-6-2-3-7-12(11)14/h2-8,13,15H,9H2,1H3. The molecule has 2 aromatic rings. The fourth-order valence-electron chi connectivity index (χ4n) is 1.76. The van der Waals surface area contributed by atoms with Crippen LogP contribution in [0.3, 0.4) is 0 Å². The quantitative estimate of drug-likeness (QED) is 0.832. The fraction of sp³-hybridized carbons (Fsp3) is 0.231. The third-order valence-electron chi connectivity index (χ3n) is 2.61. The second kappa shape index (κ2) is 5.80. The first-order chi connectivity index (χ1) is 7.81. The van der Waals surface area contributed by atoms with Gasteiger partial charge < -0.3 is 5.32 Å². The van der Waals surface area contributed by atoms with Crippen LogP contribution >= 0.6 is 33.9 Å². The Morgan fingerprint density at radius 2 is 2.06 bits per heavy atom. The number of likely N-dealkylation sites (N-methyl/N-ethyl adjacent to an activating group) is 1. The minimum Gasteiger partial charge on any atom is -0.313 e. The van der Waals surface area contributed by atoms with Crippen molar-refractivity contribution in [2.24, 2.45) is 0 Å². The van der Waals surface area contributed by atoms with E-state index in [4.69, 9.17) is 0 Å². The third-order valence-corrected chi connectivity index (χ3v) is 4.50. The number of halogens is 1. The molecule has 0 bridgehead atoms. The molecule has 0 amide bonds. The lowest BCUT2D eigenvalue weighted by Crippen LogP contribution is -2.19. The smallest absolute Gasteiger partial charge is 0.0376 e. The first kappa shape index (κ1) is 12.1. The summed E-state index contributed by atoms with van der Waals surface area (Å²) in [5, 5.41) is 5.54. The molecule has 0 aliphatic rings. The Kier molecular flexibility index (Phi) is 4.37. The lowest BCUT2D eigenvalue weighted by Gasteiger charge is -2.17. The molecule has 84 valence electrons. The van der Waals surface area contributed by atoms with Crippen molar-refractivity contribution in [3.05, 3.63) is 55.8 Å². The third kappa shape index (κ3) is 2.84. The minimum absolute atomic E-state index is 0.409. The summed E-state index contributed by atoms with van der Waals surface area (Å²) >= 11 is 4.23. The van der Waals surface area contributed by atoms with Gasteiger partial charge in [-0.1, -0.05) is 24.3 Å². The molecule has 0 radical (unpaired) electrons. The SMILES string of the molecule is CNC(Cc1cccs1)c1ccccc1I. The van der Waals surface area contributed by atoms with Gasteiger partial charge in [0.05, 0.1) is 0 Å². The molecule has 0 fully saturated rings. The Hall–Kier alpha value is -0.390. The number of benzene rings is 1. The summed E-state index contributed by atoms with van der Waals surface area (Å²) in [4.78, 5) is 1.43. The van der Waals surface area contributed by atoms with Crippen LogP contribution < -0.4 is 5.32 Å². The molecule has 1 N–H and O–H groups in total. The van der Waals surface area contributed by atoms with Crippen molar-refractivity contribution in [1.29, 1.82) is 0 Å². The summed E-state index contributed by atoms with van der Waals surface area (Å²) in [5.74, 6) is 0. The zero-order valence-electron chi connectivity index (χ0n) is 9.11. The normalized spacial score (nSPS) is 12.6. The van der Waals surface area contributed by atoms with Crippen molar-refractivity contribution >= 4 is 33.9 Å². The van der Waals surface area contributed by atoms with Crippen molar-refractivity contribution in [3.63, 3.8) is 0 Å². The molecule has 1 unspecified atom stereocenters. The van der Waals surface area contributed by atoms with E-state index in [1.807, 2.05) is 18.4 Å². The van der Waals surface area contributed by atoms with Gasteiger partial charge in [0.2, 0.25) is 0 Å². The predicted molar refractivity (Wildman–Crippen MR) is 79.0 cm³/mol. The summed E-state index contributed by atoms with van der Waals surface area (Å²) in [6.07, 6.45) is 1.06. The molecule has 1 heterocycles. The van der Waals surface area contributed by atoms with Gasteiger partial charge in [0.25, 0.3) is 0 Å². The van der Waals surface area contributed by atoms with E-state index in [9.17, 15) is 0 Å². The Labute approximate surface area is 114 Å². The molecular weight excluding hydrogens is 329 g/mol. The lowest BCUT2D eigenvalue weighted by molar-refractivity contribution is 0.594. The molecular formula is C13H14INS. The zero-order chi connectivity index (χ0) is 11.4. The summed E-state index contributed by atoms with van der Waals surface area (Å²) < 4.78 is 1.33. The van der Waals surface area contributed by atoms with Crippen LogP contribution in [0.25, 0.3) is 0 Å². The van der Waals surface area contributed by atoms with Crippen LogP contribution in [0.5, 0.6) is 0 Å². The second-order valence-corrected chi connectivity index (χ2v) is 5.84. The predicted octanol–water partition coefficient (Wildman–Crippen LogP) is 3.86. The molecule has 0 aliphatic heterocycles. The van der Waals surface area contributed by atoms with E-state index in [2.05, 4.69) is 69.7 Å². The number of rotatable bonds is 4. The number of hydrogen-bond donors (Lipinski definition) is 1. The maximum atomic E-state index is 3.40. The number of hydrogen-bond acceptors (Lipinski definition) is 2. The van der Waals surface area contributed by atoms with Crippen LogP contribution in [-0.4, -0.2) is 7.05 Å². The van der Waals surface area contributed by atoms with Gasteiger partial charge in [-0.2, -0.15) is 0 Å². The molecule has 0 aliphatic carbocycles. The highest BCUT2D eigenvalue weighted by molar-refractivity contribution is 14.1. The molecule has 1 aromatic carbocycles. The van der Waals surface area contributed by atoms with E-state index in [0.717, 1.165) is 6.42 Å². The first-order valence-electron chi connectivity index (χ1n) is 5.25. The Balaban J connectivity index is 2.20. The summed E-state index contributed by atoms with van der Waals surface area (Å²) in [6.45, 7) is 0.